The number of nitrogens with two attached hydrogens (primary N) is 1. The minimum absolute atomic E-state index is 0.358. The molecule has 2 atom stereocenters. The van der Waals surface area contributed by atoms with Crippen molar-refractivity contribution in [1.29, 1.82) is 0 Å². The van der Waals surface area contributed by atoms with Crippen molar-refractivity contribution >= 4 is 11.8 Å². The minimum Gasteiger partial charge on any atom is -0.383 e. The summed E-state index contributed by atoms with van der Waals surface area (Å²) >= 11 is 0. The number of amides is 2. The number of carbonyl (C=O) groups excluding carboxylic acids is 2. The van der Waals surface area contributed by atoms with E-state index in [1.165, 1.54) is 11.0 Å². The number of carbonyl (C=O) groups is 2. The molecule has 5 N–H and O–H groups in total. The zero-order valence-corrected chi connectivity index (χ0v) is 20.0. The first kappa shape index (κ1) is 27.0. The molecule has 8 nitrogen and oxygen atoms in total. The summed E-state index contributed by atoms with van der Waals surface area (Å²) in [4.78, 5) is 26.4. The smallest absolute Gasteiger partial charge is 0.267 e. The van der Waals surface area contributed by atoms with Crippen molar-refractivity contribution in [2.75, 3.05) is 26.8 Å². The second-order valence-corrected chi connectivity index (χ2v) is 8.08. The maximum absolute atomic E-state index is 12.4. The van der Waals surface area contributed by atoms with Crippen LogP contribution >= 0.6 is 0 Å². The first-order valence-corrected chi connectivity index (χ1v) is 11.3. The summed E-state index contributed by atoms with van der Waals surface area (Å²) in [6, 6.07) is 13.2. The molecule has 0 fully saturated rings. The van der Waals surface area contributed by atoms with E-state index in [4.69, 9.17) is 15.7 Å². The molecule has 182 valence electrons. The predicted octanol–water partition coefficient (Wildman–Crippen LogP) is 1.90. The Kier molecular flexibility index (Phi) is 11.2. The van der Waals surface area contributed by atoms with Gasteiger partial charge >= 0.3 is 0 Å². The normalized spacial score (nSPS) is 12.4. The van der Waals surface area contributed by atoms with Crippen LogP contribution in [0.1, 0.15) is 47.3 Å². The first-order chi connectivity index (χ1) is 16.4. The molecule has 34 heavy (non-hydrogen) atoms. The number of hydrogen-bond donors (Lipinski definition) is 4. The van der Waals surface area contributed by atoms with Gasteiger partial charge in [0.1, 0.15) is 6.04 Å². The number of nitrogens with zero attached hydrogens (tertiary/aromatic N) is 1. The zero-order chi connectivity index (χ0) is 24.9. The minimum atomic E-state index is -1.05. The Balaban J connectivity index is 2.00. The molecular weight excluding hydrogens is 432 g/mol. The maximum atomic E-state index is 12.4. The number of methoxy groups -OCH3 is 1. The molecule has 0 saturated carbocycles. The van der Waals surface area contributed by atoms with Crippen LogP contribution in [0.4, 0.5) is 0 Å². The lowest BCUT2D eigenvalue weighted by Crippen LogP contribution is -2.54. The summed E-state index contributed by atoms with van der Waals surface area (Å²) in [6.45, 7) is 7.26. The van der Waals surface area contributed by atoms with Gasteiger partial charge in [0, 0.05) is 42.9 Å². The van der Waals surface area contributed by atoms with Gasteiger partial charge in [-0.15, -0.1) is 0 Å². The number of hydroxylamine groups is 1. The van der Waals surface area contributed by atoms with Gasteiger partial charge in [-0.1, -0.05) is 30.9 Å². The van der Waals surface area contributed by atoms with Crippen molar-refractivity contribution < 1.29 is 19.5 Å². The number of nitrogens with one attached hydrogen (secondary N) is 2. The van der Waals surface area contributed by atoms with E-state index in [0.717, 1.165) is 37.2 Å². The highest BCUT2D eigenvalue weighted by Gasteiger charge is 2.24. The molecule has 2 aromatic rings. The Morgan fingerprint density at radius 3 is 2.15 bits per heavy atom. The van der Waals surface area contributed by atoms with Crippen molar-refractivity contribution in [3.8, 4) is 11.8 Å². The number of benzene rings is 2. The molecule has 0 saturated heterocycles. The van der Waals surface area contributed by atoms with E-state index in [9.17, 15) is 9.59 Å². The van der Waals surface area contributed by atoms with Crippen LogP contribution in [0.5, 0.6) is 0 Å². The largest absolute Gasteiger partial charge is 0.383 e. The molecule has 0 aliphatic rings. The highest BCUT2D eigenvalue weighted by Crippen LogP contribution is 2.09. The van der Waals surface area contributed by atoms with Gasteiger partial charge in [0.2, 0.25) is 0 Å². The van der Waals surface area contributed by atoms with Crippen molar-refractivity contribution in [3.63, 3.8) is 0 Å². The standard InChI is InChI=1S/C26H34N4O4/c1-4-15-30(16-17-34-3)18-22-9-7-20(8-10-22)5-6-21-11-13-23(14-12-21)25(31)28-24(19(2)27)26(32)29-33/h7-14,19,24,33H,4,15-18,27H2,1-3H3,(H,28,31)(H,29,32). The molecule has 0 radical (unpaired) electrons. The molecule has 0 aliphatic carbocycles. The van der Waals surface area contributed by atoms with Gasteiger partial charge in [0.05, 0.1) is 6.61 Å². The lowest BCUT2D eigenvalue weighted by Gasteiger charge is -2.21. The molecular formula is C26H34N4O4. The summed E-state index contributed by atoms with van der Waals surface area (Å²) in [6.07, 6.45) is 1.10. The van der Waals surface area contributed by atoms with Crippen LogP contribution in [-0.4, -0.2) is 60.8 Å². The number of ether oxygens (including phenoxy) is 1. The van der Waals surface area contributed by atoms with E-state index in [1.807, 2.05) is 12.1 Å². The van der Waals surface area contributed by atoms with Crippen LogP contribution in [0.25, 0.3) is 0 Å². The summed E-state index contributed by atoms with van der Waals surface area (Å²) < 4.78 is 5.20. The average molecular weight is 467 g/mol. The zero-order valence-electron chi connectivity index (χ0n) is 20.0. The van der Waals surface area contributed by atoms with Gasteiger partial charge in [0.25, 0.3) is 11.8 Å². The fourth-order valence-corrected chi connectivity index (χ4v) is 3.34. The van der Waals surface area contributed by atoms with Crippen LogP contribution in [0.15, 0.2) is 48.5 Å². The fourth-order valence-electron chi connectivity index (χ4n) is 3.34. The third-order valence-electron chi connectivity index (χ3n) is 5.21. The van der Waals surface area contributed by atoms with E-state index in [-0.39, 0.29) is 0 Å². The topological polar surface area (TPSA) is 117 Å². The van der Waals surface area contributed by atoms with Crippen LogP contribution in [0.3, 0.4) is 0 Å². The molecule has 2 rings (SSSR count). The third-order valence-corrected chi connectivity index (χ3v) is 5.21. The van der Waals surface area contributed by atoms with E-state index in [1.54, 1.807) is 38.3 Å². The molecule has 2 amide bonds. The highest BCUT2D eigenvalue weighted by molar-refractivity contribution is 5.97. The number of rotatable bonds is 11. The molecule has 0 aromatic heterocycles. The summed E-state index contributed by atoms with van der Waals surface area (Å²) in [5.41, 5.74) is 10.5. The van der Waals surface area contributed by atoms with Crippen LogP contribution in [-0.2, 0) is 16.1 Å². The monoisotopic (exact) mass is 466 g/mol. The summed E-state index contributed by atoms with van der Waals surface area (Å²) in [5, 5.41) is 11.3. The van der Waals surface area contributed by atoms with Crippen LogP contribution in [0.2, 0.25) is 0 Å². The van der Waals surface area contributed by atoms with Crippen LogP contribution < -0.4 is 16.5 Å². The lowest BCUT2D eigenvalue weighted by atomic mass is 10.1. The van der Waals surface area contributed by atoms with E-state index >= 15 is 0 Å². The quantitative estimate of drug-likeness (QED) is 0.228. The Bertz CT molecular complexity index is 979. The molecule has 2 unspecified atom stereocenters. The lowest BCUT2D eigenvalue weighted by molar-refractivity contribution is -0.131. The molecule has 2 aromatic carbocycles. The van der Waals surface area contributed by atoms with Crippen molar-refractivity contribution in [2.24, 2.45) is 5.73 Å². The molecule has 0 heterocycles. The molecule has 0 aliphatic heterocycles. The van der Waals surface area contributed by atoms with E-state index < -0.39 is 23.9 Å². The molecule has 8 heteroatoms. The maximum Gasteiger partial charge on any atom is 0.267 e. The Labute approximate surface area is 201 Å². The first-order valence-electron chi connectivity index (χ1n) is 11.3. The second kappa shape index (κ2) is 14.1. The Morgan fingerprint density at radius 2 is 1.65 bits per heavy atom. The fraction of sp³-hybridized carbons (Fsp3) is 0.385. The Morgan fingerprint density at radius 1 is 1.06 bits per heavy atom. The van der Waals surface area contributed by atoms with Crippen LogP contribution in [0, 0.1) is 11.8 Å². The molecule has 0 spiro atoms. The van der Waals surface area contributed by atoms with Crippen molar-refractivity contribution in [3.05, 3.63) is 70.8 Å². The Hall–Kier alpha value is -3.22. The number of hydrogen-bond acceptors (Lipinski definition) is 6. The van der Waals surface area contributed by atoms with Gasteiger partial charge in [-0.2, -0.15) is 0 Å². The van der Waals surface area contributed by atoms with Crippen molar-refractivity contribution in [2.45, 2.75) is 38.9 Å². The van der Waals surface area contributed by atoms with Gasteiger partial charge < -0.3 is 15.8 Å². The van der Waals surface area contributed by atoms with Crippen molar-refractivity contribution in [1.82, 2.24) is 15.7 Å². The summed E-state index contributed by atoms with van der Waals surface area (Å²) in [5.74, 6) is 4.99. The average Bonchev–Trinajstić information content (AvgIpc) is 2.85. The third kappa shape index (κ3) is 8.61. The second-order valence-electron chi connectivity index (χ2n) is 8.08. The van der Waals surface area contributed by atoms with Gasteiger partial charge in [-0.05, 0) is 61.9 Å². The SMILES string of the molecule is CCCN(CCOC)Cc1ccc(C#Cc2ccc(C(=O)NC(C(=O)NO)C(C)N)cc2)cc1. The van der Waals surface area contributed by atoms with Gasteiger partial charge in [0.15, 0.2) is 0 Å². The van der Waals surface area contributed by atoms with E-state index in [2.05, 4.69) is 41.1 Å². The molecule has 0 bridgehead atoms. The van der Waals surface area contributed by atoms with Gasteiger partial charge in [-0.3, -0.25) is 19.7 Å². The van der Waals surface area contributed by atoms with Gasteiger partial charge in [-0.25, -0.2) is 5.48 Å². The summed E-state index contributed by atoms with van der Waals surface area (Å²) in [7, 11) is 1.72. The highest BCUT2D eigenvalue weighted by atomic mass is 16.5. The predicted molar refractivity (Wildman–Crippen MR) is 131 cm³/mol. The van der Waals surface area contributed by atoms with E-state index in [0.29, 0.717) is 12.2 Å².